The molecule has 1 unspecified atom stereocenters. The Kier molecular flexibility index (Phi) is 1.89. The van der Waals surface area contributed by atoms with E-state index in [0.29, 0.717) is 0 Å². The summed E-state index contributed by atoms with van der Waals surface area (Å²) in [7, 11) is 0. The van der Waals surface area contributed by atoms with Crippen molar-refractivity contribution in [2.75, 3.05) is 0 Å². The summed E-state index contributed by atoms with van der Waals surface area (Å²) in [4.78, 5) is 24.9. The van der Waals surface area contributed by atoms with Crippen LogP contribution in [-0.4, -0.2) is 18.4 Å². The molecule has 1 aliphatic rings. The zero-order chi connectivity index (χ0) is 8.48. The molecule has 0 saturated heterocycles. The molecule has 0 N–H and O–H groups in total. The van der Waals surface area contributed by atoms with E-state index in [1.165, 1.54) is 0 Å². The maximum absolute atomic E-state index is 10.8. The van der Waals surface area contributed by atoms with Crippen molar-refractivity contribution in [2.45, 2.75) is 20.3 Å². The number of amides is 1. The summed E-state index contributed by atoms with van der Waals surface area (Å²) in [5, 5.41) is 0. The van der Waals surface area contributed by atoms with Crippen LogP contribution in [0.15, 0.2) is 4.99 Å². The molecule has 0 aromatic rings. The van der Waals surface area contributed by atoms with Gasteiger partial charge in [0.05, 0.1) is 0 Å². The van der Waals surface area contributed by atoms with Crippen LogP contribution in [-0.2, 0) is 9.59 Å². The number of hydrogen-bond acceptors (Lipinski definition) is 2. The summed E-state index contributed by atoms with van der Waals surface area (Å²) >= 11 is 0. The van der Waals surface area contributed by atoms with Crippen LogP contribution in [0.4, 0.5) is 0 Å². The summed E-state index contributed by atoms with van der Waals surface area (Å²) in [5.74, 6) is -0.395. The summed E-state index contributed by atoms with van der Waals surface area (Å²) in [6, 6.07) is 0. The molecule has 1 aliphatic heterocycles. The first-order valence-electron chi connectivity index (χ1n) is 3.59. The molecular formula is C8H11NO2. The van der Waals surface area contributed by atoms with Gasteiger partial charge in [0.1, 0.15) is 6.29 Å². The van der Waals surface area contributed by atoms with Crippen LogP contribution >= 0.6 is 0 Å². The lowest BCUT2D eigenvalue weighted by Gasteiger charge is -2.28. The lowest BCUT2D eigenvalue weighted by molar-refractivity contribution is -0.124. The smallest absolute Gasteiger partial charge is 0.246 e. The van der Waals surface area contributed by atoms with E-state index >= 15 is 0 Å². The second kappa shape index (κ2) is 2.57. The molecule has 1 heterocycles. The highest BCUT2D eigenvalue weighted by Gasteiger charge is 2.32. The number of aldehydes is 1. The van der Waals surface area contributed by atoms with Gasteiger partial charge >= 0.3 is 0 Å². The fraction of sp³-hybridized carbons (Fsp3) is 0.625. The Morgan fingerprint density at radius 2 is 2.36 bits per heavy atom. The molecule has 1 atom stereocenters. The predicted molar refractivity (Wildman–Crippen MR) is 41.5 cm³/mol. The summed E-state index contributed by atoms with van der Waals surface area (Å²) in [6.45, 7) is 3.81. The zero-order valence-electron chi connectivity index (χ0n) is 6.70. The molecule has 60 valence electrons. The van der Waals surface area contributed by atoms with Crippen LogP contribution < -0.4 is 0 Å². The molecule has 0 aromatic carbocycles. The van der Waals surface area contributed by atoms with Gasteiger partial charge in [-0.15, -0.1) is 0 Å². The minimum atomic E-state index is -0.254. The van der Waals surface area contributed by atoms with E-state index in [-0.39, 0.29) is 23.7 Å². The quantitative estimate of drug-likeness (QED) is 0.524. The average Bonchev–Trinajstić information content (AvgIpc) is 1.94. The Balaban J connectivity index is 2.89. The third-order valence-corrected chi connectivity index (χ3v) is 2.06. The highest BCUT2D eigenvalue weighted by molar-refractivity contribution is 5.92. The van der Waals surface area contributed by atoms with Crippen LogP contribution in [0.2, 0.25) is 0 Å². The van der Waals surface area contributed by atoms with E-state index in [1.807, 2.05) is 13.8 Å². The number of carbonyl (C=O) groups is 2. The highest BCUT2D eigenvalue weighted by atomic mass is 16.1. The van der Waals surface area contributed by atoms with Crippen molar-refractivity contribution in [3.8, 4) is 0 Å². The van der Waals surface area contributed by atoms with Crippen molar-refractivity contribution in [1.29, 1.82) is 0 Å². The standard InChI is InChI=1S/C8H11NO2/c1-8(2)5-9-7(11)3-6(8)4-10/h4-6H,3H2,1-2H3. The fourth-order valence-electron chi connectivity index (χ4n) is 1.06. The van der Waals surface area contributed by atoms with E-state index in [0.717, 1.165) is 6.29 Å². The number of aliphatic imine (C=N–C) groups is 1. The molecule has 11 heavy (non-hydrogen) atoms. The molecule has 0 bridgehead atoms. The number of rotatable bonds is 1. The van der Waals surface area contributed by atoms with Crippen molar-refractivity contribution < 1.29 is 9.59 Å². The lowest BCUT2D eigenvalue weighted by Crippen LogP contribution is -2.32. The first-order chi connectivity index (χ1) is 5.06. The first-order valence-corrected chi connectivity index (χ1v) is 3.59. The van der Waals surface area contributed by atoms with Crippen molar-refractivity contribution in [1.82, 2.24) is 0 Å². The minimum absolute atomic E-state index is 0.193. The number of carbonyl (C=O) groups excluding carboxylic acids is 2. The maximum Gasteiger partial charge on any atom is 0.246 e. The molecule has 3 heteroatoms. The summed E-state index contributed by atoms with van der Waals surface area (Å²) < 4.78 is 0. The van der Waals surface area contributed by atoms with Crippen molar-refractivity contribution in [2.24, 2.45) is 16.3 Å². The topological polar surface area (TPSA) is 46.5 Å². The van der Waals surface area contributed by atoms with Gasteiger partial charge < -0.3 is 4.79 Å². The molecule has 1 rings (SSSR count). The molecular weight excluding hydrogens is 142 g/mol. The van der Waals surface area contributed by atoms with Crippen molar-refractivity contribution in [3.63, 3.8) is 0 Å². The summed E-state index contributed by atoms with van der Waals surface area (Å²) in [6.07, 6.45) is 2.66. The van der Waals surface area contributed by atoms with Gasteiger partial charge in [-0.3, -0.25) is 4.79 Å². The Morgan fingerprint density at radius 1 is 1.73 bits per heavy atom. The van der Waals surface area contributed by atoms with Crippen LogP contribution in [0, 0.1) is 11.3 Å². The SMILES string of the molecule is CC1(C)C=NC(=O)CC1C=O. The van der Waals surface area contributed by atoms with Gasteiger partial charge in [0.25, 0.3) is 0 Å². The van der Waals surface area contributed by atoms with Crippen LogP contribution in [0.3, 0.4) is 0 Å². The Labute approximate surface area is 65.5 Å². The monoisotopic (exact) mass is 153 g/mol. The number of nitrogens with zero attached hydrogens (tertiary/aromatic N) is 1. The predicted octanol–water partition coefficient (Wildman–Crippen LogP) is 0.829. The summed E-state index contributed by atoms with van der Waals surface area (Å²) in [5.41, 5.74) is -0.254. The van der Waals surface area contributed by atoms with E-state index in [1.54, 1.807) is 6.21 Å². The van der Waals surface area contributed by atoms with Crippen LogP contribution in [0.5, 0.6) is 0 Å². The third kappa shape index (κ3) is 1.53. The normalized spacial score (nSPS) is 28.5. The fourth-order valence-corrected chi connectivity index (χ4v) is 1.06. The molecule has 0 aromatic heterocycles. The Bertz CT molecular complexity index is 218. The highest BCUT2D eigenvalue weighted by Crippen LogP contribution is 2.29. The second-order valence-electron chi connectivity index (χ2n) is 3.42. The largest absolute Gasteiger partial charge is 0.303 e. The van der Waals surface area contributed by atoms with Crippen LogP contribution in [0.25, 0.3) is 0 Å². The molecule has 0 aliphatic carbocycles. The maximum atomic E-state index is 10.8. The van der Waals surface area contributed by atoms with E-state index in [4.69, 9.17) is 0 Å². The zero-order valence-corrected chi connectivity index (χ0v) is 6.70. The molecule has 0 fully saturated rings. The van der Waals surface area contributed by atoms with Gasteiger partial charge in [-0.05, 0) is 0 Å². The van der Waals surface area contributed by atoms with Gasteiger partial charge in [-0.2, -0.15) is 0 Å². The van der Waals surface area contributed by atoms with Gasteiger partial charge in [0.15, 0.2) is 0 Å². The molecule has 0 saturated carbocycles. The van der Waals surface area contributed by atoms with Crippen molar-refractivity contribution in [3.05, 3.63) is 0 Å². The van der Waals surface area contributed by atoms with Gasteiger partial charge in [-0.1, -0.05) is 13.8 Å². The number of hydrogen-bond donors (Lipinski definition) is 0. The van der Waals surface area contributed by atoms with Crippen LogP contribution in [0.1, 0.15) is 20.3 Å². The van der Waals surface area contributed by atoms with Gasteiger partial charge in [0, 0.05) is 24.0 Å². The minimum Gasteiger partial charge on any atom is -0.303 e. The second-order valence-corrected chi connectivity index (χ2v) is 3.42. The Morgan fingerprint density at radius 3 is 2.82 bits per heavy atom. The Hall–Kier alpha value is -0.990. The first kappa shape index (κ1) is 8.11. The van der Waals surface area contributed by atoms with Crippen molar-refractivity contribution >= 4 is 18.4 Å². The molecule has 3 nitrogen and oxygen atoms in total. The van der Waals surface area contributed by atoms with Gasteiger partial charge in [0.2, 0.25) is 5.91 Å². The third-order valence-electron chi connectivity index (χ3n) is 2.06. The molecule has 1 amide bonds. The van der Waals surface area contributed by atoms with E-state index in [9.17, 15) is 9.59 Å². The molecule has 0 radical (unpaired) electrons. The van der Waals surface area contributed by atoms with E-state index in [2.05, 4.69) is 4.99 Å². The lowest BCUT2D eigenvalue weighted by atomic mass is 9.77. The average molecular weight is 153 g/mol. The molecule has 0 spiro atoms. The van der Waals surface area contributed by atoms with E-state index < -0.39 is 0 Å². The van der Waals surface area contributed by atoms with Gasteiger partial charge in [-0.25, -0.2) is 4.99 Å².